The Morgan fingerprint density at radius 2 is 2.28 bits per heavy atom. The van der Waals surface area contributed by atoms with Crippen LogP contribution in [0.4, 0.5) is 5.82 Å². The number of ketones is 1. The Bertz CT molecular complexity index is 800. The number of fused-ring (bicyclic) bond motifs is 1. The molecule has 1 unspecified atom stereocenters. The molecular formula is C18H23N5O2. The van der Waals surface area contributed by atoms with Gasteiger partial charge in [0.15, 0.2) is 0 Å². The number of anilines is 1. The summed E-state index contributed by atoms with van der Waals surface area (Å²) in [5, 5.41) is 7.92. The van der Waals surface area contributed by atoms with Crippen molar-refractivity contribution < 1.29 is 9.59 Å². The summed E-state index contributed by atoms with van der Waals surface area (Å²) in [6.07, 6.45) is 1.75. The van der Waals surface area contributed by atoms with E-state index in [1.54, 1.807) is 11.6 Å². The SMILES string of the molecule is C=C1C2=C(C(=O)N(C3CCNC3)C2)N(CC(C)=O)c2cc(CC)nn21. The molecule has 1 saturated heterocycles. The van der Waals surface area contributed by atoms with Crippen LogP contribution < -0.4 is 10.2 Å². The number of nitrogens with one attached hydrogen (secondary N) is 1. The van der Waals surface area contributed by atoms with Crippen LogP contribution >= 0.6 is 0 Å². The molecule has 0 aromatic carbocycles. The lowest BCUT2D eigenvalue weighted by Gasteiger charge is -2.30. The van der Waals surface area contributed by atoms with E-state index in [9.17, 15) is 9.59 Å². The van der Waals surface area contributed by atoms with Gasteiger partial charge in [-0.15, -0.1) is 0 Å². The molecular weight excluding hydrogens is 318 g/mol. The molecule has 0 radical (unpaired) electrons. The van der Waals surface area contributed by atoms with Gasteiger partial charge in [-0.3, -0.25) is 9.59 Å². The second kappa shape index (κ2) is 5.84. The average Bonchev–Trinajstić information content (AvgIpc) is 3.29. The molecule has 1 aromatic rings. The van der Waals surface area contributed by atoms with Gasteiger partial charge >= 0.3 is 0 Å². The van der Waals surface area contributed by atoms with E-state index < -0.39 is 0 Å². The fourth-order valence-electron chi connectivity index (χ4n) is 3.90. The van der Waals surface area contributed by atoms with E-state index >= 15 is 0 Å². The highest BCUT2D eigenvalue weighted by atomic mass is 16.2. The Labute approximate surface area is 147 Å². The second-order valence-electron chi connectivity index (χ2n) is 6.90. The highest BCUT2D eigenvalue weighted by molar-refractivity contribution is 6.06. The first-order valence-corrected chi connectivity index (χ1v) is 8.81. The van der Waals surface area contributed by atoms with Crippen molar-refractivity contribution in [3.8, 4) is 0 Å². The predicted molar refractivity (Wildman–Crippen MR) is 95.0 cm³/mol. The summed E-state index contributed by atoms with van der Waals surface area (Å²) < 4.78 is 1.78. The molecule has 1 amide bonds. The van der Waals surface area contributed by atoms with Gasteiger partial charge in [-0.2, -0.15) is 5.10 Å². The van der Waals surface area contributed by atoms with Gasteiger partial charge in [0, 0.05) is 24.2 Å². The third-order valence-corrected chi connectivity index (χ3v) is 5.19. The summed E-state index contributed by atoms with van der Waals surface area (Å²) in [6.45, 7) is 10.2. The minimum atomic E-state index is -0.00315. The number of nitrogens with zero attached hydrogens (tertiary/aromatic N) is 4. The van der Waals surface area contributed by atoms with Gasteiger partial charge in [-0.25, -0.2) is 4.68 Å². The van der Waals surface area contributed by atoms with Crippen molar-refractivity contribution in [2.45, 2.75) is 32.7 Å². The Morgan fingerprint density at radius 3 is 2.92 bits per heavy atom. The predicted octanol–water partition coefficient (Wildman–Crippen LogP) is 0.783. The highest BCUT2D eigenvalue weighted by Gasteiger charge is 2.43. The summed E-state index contributed by atoms with van der Waals surface area (Å²) in [5.41, 5.74) is 3.15. The van der Waals surface area contributed by atoms with Crippen molar-refractivity contribution in [3.05, 3.63) is 29.6 Å². The number of aromatic nitrogens is 2. The Morgan fingerprint density at radius 1 is 1.48 bits per heavy atom. The maximum absolute atomic E-state index is 13.2. The van der Waals surface area contributed by atoms with Crippen molar-refractivity contribution in [1.29, 1.82) is 0 Å². The van der Waals surface area contributed by atoms with E-state index in [1.165, 1.54) is 0 Å². The molecule has 1 aromatic heterocycles. The molecule has 1 fully saturated rings. The first kappa shape index (κ1) is 16.1. The summed E-state index contributed by atoms with van der Waals surface area (Å²) in [4.78, 5) is 28.8. The fraction of sp³-hybridized carbons (Fsp3) is 0.500. The number of carbonyl (C=O) groups is 2. The maximum Gasteiger partial charge on any atom is 0.271 e. The van der Waals surface area contributed by atoms with Crippen LogP contribution in [0.15, 0.2) is 23.9 Å². The zero-order chi connectivity index (χ0) is 17.7. The lowest BCUT2D eigenvalue weighted by Crippen LogP contribution is -2.42. The van der Waals surface area contributed by atoms with E-state index in [2.05, 4.69) is 17.0 Å². The first-order chi connectivity index (χ1) is 12.0. The minimum Gasteiger partial charge on any atom is -0.329 e. The van der Waals surface area contributed by atoms with Gasteiger partial charge in [0.2, 0.25) is 0 Å². The Hall–Kier alpha value is -2.41. The quantitative estimate of drug-likeness (QED) is 0.876. The maximum atomic E-state index is 13.2. The van der Waals surface area contributed by atoms with E-state index in [0.717, 1.165) is 48.7 Å². The van der Waals surface area contributed by atoms with E-state index in [-0.39, 0.29) is 24.3 Å². The van der Waals surface area contributed by atoms with Crippen molar-refractivity contribution in [1.82, 2.24) is 20.0 Å². The average molecular weight is 341 g/mol. The van der Waals surface area contributed by atoms with Crippen LogP contribution in [0.3, 0.4) is 0 Å². The monoisotopic (exact) mass is 341 g/mol. The molecule has 7 heteroatoms. The zero-order valence-electron chi connectivity index (χ0n) is 14.7. The highest BCUT2D eigenvalue weighted by Crippen LogP contribution is 2.40. The summed E-state index contributed by atoms with van der Waals surface area (Å²) in [5.74, 6) is 0.770. The second-order valence-corrected chi connectivity index (χ2v) is 6.90. The smallest absolute Gasteiger partial charge is 0.271 e. The molecule has 25 heavy (non-hydrogen) atoms. The molecule has 4 heterocycles. The molecule has 3 aliphatic heterocycles. The molecule has 0 aliphatic carbocycles. The topological polar surface area (TPSA) is 70.5 Å². The van der Waals surface area contributed by atoms with E-state index in [1.807, 2.05) is 22.8 Å². The summed E-state index contributed by atoms with van der Waals surface area (Å²) in [7, 11) is 0. The number of hydrogen-bond donors (Lipinski definition) is 1. The molecule has 3 aliphatic rings. The van der Waals surface area contributed by atoms with Gasteiger partial charge in [0.25, 0.3) is 5.91 Å². The standard InChI is InChI=1S/C18H23N5O2/c1-4-13-7-16-22(9-11(2)24)17-15(12(3)23(16)20-13)10-21(18(17)25)14-5-6-19-8-14/h7,14,19H,3-6,8-10H2,1-2H3. The number of amides is 1. The number of rotatable bonds is 4. The molecule has 132 valence electrons. The van der Waals surface area contributed by atoms with Gasteiger partial charge in [-0.05, 0) is 26.3 Å². The molecule has 1 atom stereocenters. The van der Waals surface area contributed by atoms with Gasteiger partial charge < -0.3 is 15.1 Å². The van der Waals surface area contributed by atoms with Gasteiger partial charge in [0.05, 0.1) is 24.5 Å². The normalized spacial score (nSPS) is 22.7. The van der Waals surface area contributed by atoms with Crippen molar-refractivity contribution in [3.63, 3.8) is 0 Å². The number of hydrogen-bond acceptors (Lipinski definition) is 5. The summed E-state index contributed by atoms with van der Waals surface area (Å²) in [6, 6.07) is 2.15. The molecule has 0 bridgehead atoms. The lowest BCUT2D eigenvalue weighted by molar-refractivity contribution is -0.127. The van der Waals surface area contributed by atoms with Crippen LogP contribution in [-0.4, -0.2) is 58.6 Å². The van der Waals surface area contributed by atoms with E-state index in [4.69, 9.17) is 0 Å². The Kier molecular flexibility index (Phi) is 3.76. The van der Waals surface area contributed by atoms with Crippen LogP contribution in [0.25, 0.3) is 5.70 Å². The Balaban J connectivity index is 1.76. The third-order valence-electron chi connectivity index (χ3n) is 5.19. The van der Waals surface area contributed by atoms with Crippen molar-refractivity contribution in [2.75, 3.05) is 31.1 Å². The minimum absolute atomic E-state index is 0.00315. The largest absolute Gasteiger partial charge is 0.329 e. The summed E-state index contributed by atoms with van der Waals surface area (Å²) >= 11 is 0. The van der Waals surface area contributed by atoms with E-state index in [0.29, 0.717) is 12.2 Å². The molecule has 1 N–H and O–H groups in total. The number of aryl methyl sites for hydroxylation is 1. The van der Waals surface area contributed by atoms with Gasteiger partial charge in [0.1, 0.15) is 17.3 Å². The van der Waals surface area contributed by atoms with Crippen LogP contribution in [0.5, 0.6) is 0 Å². The molecule has 4 rings (SSSR count). The molecule has 0 saturated carbocycles. The lowest BCUT2D eigenvalue weighted by atomic mass is 10.1. The first-order valence-electron chi connectivity index (χ1n) is 8.81. The van der Waals surface area contributed by atoms with Crippen molar-refractivity contribution in [2.24, 2.45) is 0 Å². The van der Waals surface area contributed by atoms with Crippen molar-refractivity contribution >= 4 is 23.2 Å². The number of Topliss-reactive ketones (excluding diaryl/α,β-unsaturated/α-hetero) is 1. The fourth-order valence-corrected chi connectivity index (χ4v) is 3.90. The van der Waals surface area contributed by atoms with Crippen LogP contribution in [0.1, 0.15) is 26.0 Å². The molecule has 0 spiro atoms. The third kappa shape index (κ3) is 2.41. The van der Waals surface area contributed by atoms with Gasteiger partial charge in [-0.1, -0.05) is 13.5 Å². The van der Waals surface area contributed by atoms with Crippen LogP contribution in [-0.2, 0) is 16.0 Å². The van der Waals surface area contributed by atoms with Crippen LogP contribution in [0.2, 0.25) is 0 Å². The van der Waals surface area contributed by atoms with Crippen LogP contribution in [0, 0.1) is 0 Å². The zero-order valence-corrected chi connectivity index (χ0v) is 14.7. The number of carbonyl (C=O) groups excluding carboxylic acids is 2. The molecule has 7 nitrogen and oxygen atoms in total.